The van der Waals surface area contributed by atoms with Crippen LogP contribution in [0.1, 0.15) is 38.3 Å². The van der Waals surface area contributed by atoms with Crippen molar-refractivity contribution < 1.29 is 0 Å². The second-order valence-electron chi connectivity index (χ2n) is 5.14. The van der Waals surface area contributed by atoms with E-state index in [1.807, 2.05) is 17.9 Å². The first kappa shape index (κ1) is 11.6. The van der Waals surface area contributed by atoms with Crippen molar-refractivity contribution in [1.82, 2.24) is 15.1 Å². The lowest BCUT2D eigenvalue weighted by Crippen LogP contribution is -2.34. The van der Waals surface area contributed by atoms with E-state index >= 15 is 0 Å². The van der Waals surface area contributed by atoms with Crippen molar-refractivity contribution in [2.45, 2.75) is 45.1 Å². The minimum Gasteiger partial charge on any atom is -0.314 e. The zero-order valence-corrected chi connectivity index (χ0v) is 10.4. The first-order chi connectivity index (χ1) is 7.74. The van der Waals surface area contributed by atoms with Crippen LogP contribution in [0.25, 0.3) is 0 Å². The summed E-state index contributed by atoms with van der Waals surface area (Å²) in [4.78, 5) is 0. The molecule has 1 aliphatic carbocycles. The van der Waals surface area contributed by atoms with Crippen molar-refractivity contribution in [1.29, 1.82) is 0 Å². The molecular weight excluding hydrogens is 198 g/mol. The Kier molecular flexibility index (Phi) is 3.99. The fourth-order valence-corrected chi connectivity index (χ4v) is 2.47. The molecule has 1 N–H and O–H groups in total. The van der Waals surface area contributed by atoms with Crippen LogP contribution in [0.4, 0.5) is 0 Å². The van der Waals surface area contributed by atoms with E-state index in [0.29, 0.717) is 0 Å². The average Bonchev–Trinajstić information content (AvgIpc) is 2.67. The molecule has 0 amide bonds. The zero-order valence-electron chi connectivity index (χ0n) is 10.4. The van der Waals surface area contributed by atoms with Crippen LogP contribution in [0.15, 0.2) is 12.3 Å². The van der Waals surface area contributed by atoms with Gasteiger partial charge in [-0.2, -0.15) is 5.10 Å². The summed E-state index contributed by atoms with van der Waals surface area (Å²) >= 11 is 0. The molecule has 0 aromatic carbocycles. The summed E-state index contributed by atoms with van der Waals surface area (Å²) in [6.45, 7) is 3.43. The van der Waals surface area contributed by atoms with E-state index in [1.54, 1.807) is 0 Å². The van der Waals surface area contributed by atoms with Gasteiger partial charge in [-0.15, -0.1) is 0 Å². The number of aryl methyl sites for hydroxylation is 1. The van der Waals surface area contributed by atoms with Gasteiger partial charge in [0, 0.05) is 32.3 Å². The highest BCUT2D eigenvalue weighted by atomic mass is 15.2. The second kappa shape index (κ2) is 5.48. The molecule has 2 rings (SSSR count). The maximum absolute atomic E-state index is 4.38. The monoisotopic (exact) mass is 221 g/mol. The molecule has 3 heteroatoms. The molecule has 0 bridgehead atoms. The van der Waals surface area contributed by atoms with Crippen molar-refractivity contribution in [2.75, 3.05) is 6.54 Å². The third-order valence-electron chi connectivity index (χ3n) is 3.60. The second-order valence-corrected chi connectivity index (χ2v) is 5.14. The molecule has 1 aromatic rings. The van der Waals surface area contributed by atoms with Crippen LogP contribution in [0.3, 0.4) is 0 Å². The van der Waals surface area contributed by atoms with E-state index in [2.05, 4.69) is 23.4 Å². The first-order valence-corrected chi connectivity index (χ1v) is 6.46. The average molecular weight is 221 g/mol. The Morgan fingerprint density at radius 2 is 2.12 bits per heavy atom. The van der Waals surface area contributed by atoms with Crippen LogP contribution in [0.2, 0.25) is 0 Å². The van der Waals surface area contributed by atoms with Crippen LogP contribution in [0.5, 0.6) is 0 Å². The Morgan fingerprint density at radius 1 is 1.38 bits per heavy atom. The number of aromatic nitrogens is 2. The maximum atomic E-state index is 4.38. The highest BCUT2D eigenvalue weighted by Gasteiger charge is 2.17. The van der Waals surface area contributed by atoms with Gasteiger partial charge in [0.15, 0.2) is 0 Å². The normalized spacial score (nSPS) is 25.9. The van der Waals surface area contributed by atoms with Crippen LogP contribution in [0, 0.1) is 5.92 Å². The molecule has 0 unspecified atom stereocenters. The summed E-state index contributed by atoms with van der Waals surface area (Å²) in [6.07, 6.45) is 8.54. The van der Waals surface area contributed by atoms with Gasteiger partial charge in [-0.3, -0.25) is 4.68 Å². The Hall–Kier alpha value is -0.830. The van der Waals surface area contributed by atoms with Crippen molar-refractivity contribution in [3.8, 4) is 0 Å². The topological polar surface area (TPSA) is 29.9 Å². The van der Waals surface area contributed by atoms with Gasteiger partial charge in [-0.05, 0) is 37.7 Å². The van der Waals surface area contributed by atoms with E-state index < -0.39 is 0 Å². The summed E-state index contributed by atoms with van der Waals surface area (Å²) in [7, 11) is 1.97. The fourth-order valence-electron chi connectivity index (χ4n) is 2.47. The Labute approximate surface area is 98.2 Å². The molecule has 1 heterocycles. The number of nitrogens with one attached hydrogen (secondary N) is 1. The van der Waals surface area contributed by atoms with Gasteiger partial charge in [-0.25, -0.2) is 0 Å². The smallest absolute Gasteiger partial charge is 0.0637 e. The standard InChI is InChI=1S/C13H23N3/c1-11-3-5-12(6-4-11)14-9-7-13-8-10-16(2)15-13/h8,10-12,14H,3-7,9H2,1-2H3. The molecule has 0 radical (unpaired) electrons. The zero-order chi connectivity index (χ0) is 11.4. The number of hydrogen-bond donors (Lipinski definition) is 1. The predicted octanol–water partition coefficient (Wildman–Crippen LogP) is 2.13. The van der Waals surface area contributed by atoms with Crippen LogP contribution < -0.4 is 5.32 Å². The first-order valence-electron chi connectivity index (χ1n) is 6.46. The van der Waals surface area contributed by atoms with Crippen molar-refractivity contribution in [2.24, 2.45) is 13.0 Å². The molecule has 0 aliphatic heterocycles. The highest BCUT2D eigenvalue weighted by Crippen LogP contribution is 2.23. The van der Waals surface area contributed by atoms with Crippen LogP contribution >= 0.6 is 0 Å². The molecule has 16 heavy (non-hydrogen) atoms. The Morgan fingerprint density at radius 3 is 2.75 bits per heavy atom. The lowest BCUT2D eigenvalue weighted by molar-refractivity contribution is 0.308. The highest BCUT2D eigenvalue weighted by molar-refractivity contribution is 4.99. The summed E-state index contributed by atoms with van der Waals surface area (Å²) in [5, 5.41) is 8.03. The van der Waals surface area contributed by atoms with E-state index in [9.17, 15) is 0 Å². The minimum absolute atomic E-state index is 0.750. The molecule has 1 aliphatic rings. The molecule has 0 saturated heterocycles. The van der Waals surface area contributed by atoms with Gasteiger partial charge >= 0.3 is 0 Å². The molecule has 3 nitrogen and oxygen atoms in total. The summed E-state index contributed by atoms with van der Waals surface area (Å²) < 4.78 is 1.87. The van der Waals surface area contributed by atoms with Crippen molar-refractivity contribution in [3.63, 3.8) is 0 Å². The van der Waals surface area contributed by atoms with Gasteiger partial charge < -0.3 is 5.32 Å². The van der Waals surface area contributed by atoms with Crippen molar-refractivity contribution in [3.05, 3.63) is 18.0 Å². The number of nitrogens with zero attached hydrogens (tertiary/aromatic N) is 2. The molecule has 1 fully saturated rings. The fraction of sp³-hybridized carbons (Fsp3) is 0.769. The maximum Gasteiger partial charge on any atom is 0.0637 e. The van der Waals surface area contributed by atoms with Crippen LogP contribution in [-0.4, -0.2) is 22.4 Å². The van der Waals surface area contributed by atoms with Crippen LogP contribution in [-0.2, 0) is 13.5 Å². The molecule has 1 saturated carbocycles. The summed E-state index contributed by atoms with van der Waals surface area (Å²) in [5.41, 5.74) is 1.19. The molecule has 90 valence electrons. The SMILES string of the molecule is CC1CCC(NCCc2ccn(C)n2)CC1. The molecule has 1 aromatic heterocycles. The molecular formula is C13H23N3. The minimum atomic E-state index is 0.750. The Balaban J connectivity index is 1.64. The van der Waals surface area contributed by atoms with E-state index in [1.165, 1.54) is 31.4 Å². The quantitative estimate of drug-likeness (QED) is 0.844. The largest absolute Gasteiger partial charge is 0.314 e. The third kappa shape index (κ3) is 3.34. The van der Waals surface area contributed by atoms with E-state index in [0.717, 1.165) is 24.9 Å². The number of rotatable bonds is 4. The summed E-state index contributed by atoms with van der Waals surface area (Å²) in [6, 6.07) is 2.85. The molecule has 0 spiro atoms. The van der Waals surface area contributed by atoms with Crippen molar-refractivity contribution >= 4 is 0 Å². The molecule has 0 atom stereocenters. The van der Waals surface area contributed by atoms with Gasteiger partial charge in [0.2, 0.25) is 0 Å². The Bertz CT molecular complexity index is 311. The predicted molar refractivity (Wildman–Crippen MR) is 66.3 cm³/mol. The lowest BCUT2D eigenvalue weighted by atomic mass is 9.87. The third-order valence-corrected chi connectivity index (χ3v) is 3.60. The van der Waals surface area contributed by atoms with Gasteiger partial charge in [-0.1, -0.05) is 6.92 Å². The lowest BCUT2D eigenvalue weighted by Gasteiger charge is -2.26. The van der Waals surface area contributed by atoms with E-state index in [-0.39, 0.29) is 0 Å². The van der Waals surface area contributed by atoms with Gasteiger partial charge in [0.05, 0.1) is 5.69 Å². The van der Waals surface area contributed by atoms with Gasteiger partial charge in [0.1, 0.15) is 0 Å². The summed E-state index contributed by atoms with van der Waals surface area (Å²) in [5.74, 6) is 0.939. The number of hydrogen-bond acceptors (Lipinski definition) is 2. The van der Waals surface area contributed by atoms with Gasteiger partial charge in [0.25, 0.3) is 0 Å². The van der Waals surface area contributed by atoms with E-state index in [4.69, 9.17) is 0 Å².